The molecule has 1 aliphatic carbocycles. The number of rotatable bonds is 5. The summed E-state index contributed by atoms with van der Waals surface area (Å²) in [7, 11) is 0. The van der Waals surface area contributed by atoms with E-state index in [-0.39, 0.29) is 0 Å². The van der Waals surface area contributed by atoms with Gasteiger partial charge in [0.25, 0.3) is 0 Å². The fraction of sp³-hybridized carbons (Fsp3) is 0.588. The van der Waals surface area contributed by atoms with Crippen LogP contribution in [0.1, 0.15) is 42.7 Å². The predicted molar refractivity (Wildman–Crippen MR) is 80.8 cm³/mol. The first-order chi connectivity index (χ1) is 9.84. The van der Waals surface area contributed by atoms with Crippen molar-refractivity contribution in [2.24, 2.45) is 0 Å². The van der Waals surface area contributed by atoms with Crippen molar-refractivity contribution in [3.05, 3.63) is 35.4 Å². The Balaban J connectivity index is 1.34. The average Bonchev–Trinajstić information content (AvgIpc) is 2.48. The molecule has 20 heavy (non-hydrogen) atoms. The number of amides is 1. The van der Waals surface area contributed by atoms with Crippen LogP contribution in [-0.2, 0) is 11.2 Å². The zero-order valence-corrected chi connectivity index (χ0v) is 12.1. The van der Waals surface area contributed by atoms with Crippen molar-refractivity contribution in [1.29, 1.82) is 0 Å². The minimum Gasteiger partial charge on any atom is -0.343 e. The van der Waals surface area contributed by atoms with Crippen LogP contribution in [0.5, 0.6) is 0 Å². The molecule has 1 N–H and O–H groups in total. The smallest absolute Gasteiger partial charge is 0.223 e. The van der Waals surface area contributed by atoms with Crippen LogP contribution in [0, 0.1) is 0 Å². The lowest BCUT2D eigenvalue weighted by molar-refractivity contribution is -0.131. The molecule has 2 aliphatic rings. The van der Waals surface area contributed by atoms with Gasteiger partial charge in [0, 0.05) is 38.5 Å². The zero-order chi connectivity index (χ0) is 13.8. The molecule has 0 radical (unpaired) electrons. The van der Waals surface area contributed by atoms with Crippen LogP contribution in [0.25, 0.3) is 0 Å². The van der Waals surface area contributed by atoms with Gasteiger partial charge in [-0.3, -0.25) is 4.79 Å². The minimum atomic E-state index is 0.325. The zero-order valence-electron chi connectivity index (χ0n) is 12.1. The summed E-state index contributed by atoms with van der Waals surface area (Å²) in [6.07, 6.45) is 5.47. The van der Waals surface area contributed by atoms with Crippen molar-refractivity contribution >= 4 is 5.91 Å². The highest BCUT2D eigenvalue weighted by Crippen LogP contribution is 2.33. The Morgan fingerprint density at radius 1 is 1.20 bits per heavy atom. The Hall–Kier alpha value is -1.35. The van der Waals surface area contributed by atoms with E-state index in [1.807, 2.05) is 4.90 Å². The Labute approximate surface area is 121 Å². The van der Waals surface area contributed by atoms with Crippen LogP contribution >= 0.6 is 0 Å². The molecule has 3 heteroatoms. The summed E-state index contributed by atoms with van der Waals surface area (Å²) in [6, 6.07) is 8.67. The highest BCUT2D eigenvalue weighted by atomic mass is 16.2. The maximum atomic E-state index is 12.0. The normalized spacial score (nSPS) is 21.2. The fourth-order valence-electron chi connectivity index (χ4n) is 3.32. The molecule has 3 nitrogen and oxygen atoms in total. The van der Waals surface area contributed by atoms with Gasteiger partial charge in [-0.05, 0) is 36.8 Å². The van der Waals surface area contributed by atoms with Crippen LogP contribution in [0.3, 0.4) is 0 Å². The van der Waals surface area contributed by atoms with Gasteiger partial charge in [0.05, 0.1) is 0 Å². The molecule has 1 aromatic rings. The second-order valence-corrected chi connectivity index (χ2v) is 6.00. The number of hydrogen-bond acceptors (Lipinski definition) is 2. The molecule has 1 aromatic carbocycles. The molecule has 0 spiro atoms. The lowest BCUT2D eigenvalue weighted by Gasteiger charge is -2.30. The molecule has 1 aliphatic heterocycles. The van der Waals surface area contributed by atoms with Gasteiger partial charge in [0.1, 0.15) is 0 Å². The van der Waals surface area contributed by atoms with Gasteiger partial charge in [0.15, 0.2) is 0 Å². The Kier molecular flexibility index (Phi) is 4.36. The second kappa shape index (κ2) is 6.40. The van der Waals surface area contributed by atoms with Gasteiger partial charge in [-0.25, -0.2) is 0 Å². The van der Waals surface area contributed by atoms with E-state index in [1.54, 1.807) is 0 Å². The largest absolute Gasteiger partial charge is 0.343 e. The molecule has 1 fully saturated rings. The summed E-state index contributed by atoms with van der Waals surface area (Å²) in [4.78, 5) is 14.0. The van der Waals surface area contributed by atoms with Crippen molar-refractivity contribution in [3.63, 3.8) is 0 Å². The summed E-state index contributed by atoms with van der Waals surface area (Å²) in [5.41, 5.74) is 2.98. The third-order valence-electron chi connectivity index (χ3n) is 4.58. The molecule has 1 atom stereocenters. The van der Waals surface area contributed by atoms with Crippen LogP contribution in [0.2, 0.25) is 0 Å². The number of likely N-dealkylation sites (tertiary alicyclic amines) is 1. The highest BCUT2D eigenvalue weighted by molar-refractivity contribution is 5.76. The Morgan fingerprint density at radius 3 is 2.80 bits per heavy atom. The molecule has 1 heterocycles. The van der Waals surface area contributed by atoms with Crippen molar-refractivity contribution in [3.8, 4) is 0 Å². The van der Waals surface area contributed by atoms with Gasteiger partial charge < -0.3 is 10.2 Å². The lowest BCUT2D eigenvalue weighted by Crippen LogP contribution is -2.38. The van der Waals surface area contributed by atoms with E-state index >= 15 is 0 Å². The number of hydrogen-bond donors (Lipinski definition) is 1. The Bertz CT molecular complexity index is 466. The highest BCUT2D eigenvalue weighted by Gasteiger charge is 2.24. The second-order valence-electron chi connectivity index (χ2n) is 6.00. The van der Waals surface area contributed by atoms with Crippen molar-refractivity contribution in [1.82, 2.24) is 10.2 Å². The number of nitrogens with zero attached hydrogens (tertiary/aromatic N) is 1. The lowest BCUT2D eigenvalue weighted by atomic mass is 9.77. The third kappa shape index (κ3) is 3.04. The number of carbonyl (C=O) groups is 1. The standard InChI is InChI=1S/C17H24N2O/c20-17(19-10-4-1-5-11-19)8-9-18-13-15-12-14-6-2-3-7-16(14)15/h2-3,6-7,15,18H,1,4-5,8-13H2. The van der Waals surface area contributed by atoms with E-state index < -0.39 is 0 Å². The third-order valence-corrected chi connectivity index (χ3v) is 4.58. The number of benzene rings is 1. The summed E-state index contributed by atoms with van der Waals surface area (Å²) in [6.45, 7) is 3.75. The van der Waals surface area contributed by atoms with Crippen molar-refractivity contribution < 1.29 is 4.79 Å². The molecular formula is C17H24N2O. The minimum absolute atomic E-state index is 0.325. The number of piperidine rings is 1. The number of fused-ring (bicyclic) bond motifs is 1. The summed E-state index contributed by atoms with van der Waals surface area (Å²) < 4.78 is 0. The van der Waals surface area contributed by atoms with E-state index in [0.29, 0.717) is 18.2 Å². The first-order valence-corrected chi connectivity index (χ1v) is 7.91. The Morgan fingerprint density at radius 2 is 2.00 bits per heavy atom. The maximum absolute atomic E-state index is 12.0. The quantitative estimate of drug-likeness (QED) is 0.834. The van der Waals surface area contributed by atoms with E-state index in [0.717, 1.165) is 26.2 Å². The van der Waals surface area contributed by atoms with Crippen LogP contribution < -0.4 is 5.32 Å². The molecular weight excluding hydrogens is 248 g/mol. The van der Waals surface area contributed by atoms with Gasteiger partial charge in [0.2, 0.25) is 5.91 Å². The molecule has 108 valence electrons. The van der Waals surface area contributed by atoms with Crippen molar-refractivity contribution in [2.45, 2.75) is 38.0 Å². The fourth-order valence-corrected chi connectivity index (χ4v) is 3.32. The molecule has 3 rings (SSSR count). The monoisotopic (exact) mass is 272 g/mol. The van der Waals surface area contributed by atoms with Gasteiger partial charge in [-0.1, -0.05) is 24.3 Å². The van der Waals surface area contributed by atoms with E-state index in [4.69, 9.17) is 0 Å². The first-order valence-electron chi connectivity index (χ1n) is 7.91. The van der Waals surface area contributed by atoms with Crippen molar-refractivity contribution in [2.75, 3.05) is 26.2 Å². The molecule has 1 unspecified atom stereocenters. The molecule has 0 aromatic heterocycles. The van der Waals surface area contributed by atoms with Gasteiger partial charge >= 0.3 is 0 Å². The predicted octanol–water partition coefficient (Wildman–Crippen LogP) is 2.32. The summed E-state index contributed by atoms with van der Waals surface area (Å²) in [5, 5.41) is 3.45. The first kappa shape index (κ1) is 13.6. The average molecular weight is 272 g/mol. The van der Waals surface area contributed by atoms with E-state index in [1.165, 1.54) is 36.8 Å². The number of carbonyl (C=O) groups excluding carboxylic acids is 1. The SMILES string of the molecule is O=C(CCNCC1Cc2ccccc21)N1CCCCC1. The molecule has 0 bridgehead atoms. The number of nitrogens with one attached hydrogen (secondary N) is 1. The van der Waals surface area contributed by atoms with E-state index in [9.17, 15) is 4.79 Å². The topological polar surface area (TPSA) is 32.3 Å². The maximum Gasteiger partial charge on any atom is 0.223 e. The summed E-state index contributed by atoms with van der Waals surface area (Å²) in [5.74, 6) is 0.975. The molecule has 1 amide bonds. The van der Waals surface area contributed by atoms with Gasteiger partial charge in [-0.15, -0.1) is 0 Å². The molecule has 1 saturated heterocycles. The van der Waals surface area contributed by atoms with Crippen LogP contribution in [0.4, 0.5) is 0 Å². The van der Waals surface area contributed by atoms with Crippen LogP contribution in [0.15, 0.2) is 24.3 Å². The van der Waals surface area contributed by atoms with Crippen LogP contribution in [-0.4, -0.2) is 37.0 Å². The summed E-state index contributed by atoms with van der Waals surface area (Å²) >= 11 is 0. The van der Waals surface area contributed by atoms with Gasteiger partial charge in [-0.2, -0.15) is 0 Å². The molecule has 0 saturated carbocycles. The van der Waals surface area contributed by atoms with E-state index in [2.05, 4.69) is 29.6 Å².